The second-order valence-electron chi connectivity index (χ2n) is 10.5. The van der Waals surface area contributed by atoms with Crippen molar-refractivity contribution in [3.63, 3.8) is 0 Å². The van der Waals surface area contributed by atoms with E-state index in [0.29, 0.717) is 13.0 Å². The van der Waals surface area contributed by atoms with Crippen molar-refractivity contribution in [2.24, 2.45) is 0 Å². The van der Waals surface area contributed by atoms with Crippen molar-refractivity contribution in [3.05, 3.63) is 65.7 Å². The van der Waals surface area contributed by atoms with Crippen LogP contribution < -0.4 is 20.7 Å². The molecule has 5 N–H and O–H groups in total. The molecular formula is C32H48ClN3O8S. The predicted octanol–water partition coefficient (Wildman–Crippen LogP) is 4.21. The van der Waals surface area contributed by atoms with Gasteiger partial charge in [-0.25, -0.2) is 4.89 Å². The number of hydrogen-bond acceptors (Lipinski definition) is 9. The highest BCUT2D eigenvalue weighted by Gasteiger charge is 2.28. The van der Waals surface area contributed by atoms with Gasteiger partial charge in [0.25, 0.3) is 0 Å². The van der Waals surface area contributed by atoms with Gasteiger partial charge in [-0.05, 0) is 42.5 Å². The van der Waals surface area contributed by atoms with Crippen LogP contribution in [0, 0.1) is 0 Å². The van der Waals surface area contributed by atoms with E-state index in [-0.39, 0.29) is 43.7 Å². The molecule has 3 atom stereocenters. The highest BCUT2D eigenvalue weighted by Crippen LogP contribution is 2.16. The molecule has 0 saturated heterocycles. The first-order valence-electron chi connectivity index (χ1n) is 15.1. The largest absolute Gasteiger partial charge is 0.497 e. The third-order valence-corrected chi connectivity index (χ3v) is 7.45. The molecule has 2 amide bonds. The van der Waals surface area contributed by atoms with E-state index in [1.807, 2.05) is 54.6 Å². The molecule has 0 radical (unpaired) electrons. The van der Waals surface area contributed by atoms with Crippen molar-refractivity contribution in [1.82, 2.24) is 16.0 Å². The maximum absolute atomic E-state index is 13.5. The number of halogens is 1. The molecule has 0 heterocycles. The van der Waals surface area contributed by atoms with Crippen LogP contribution in [-0.2, 0) is 36.6 Å². The van der Waals surface area contributed by atoms with E-state index in [1.165, 1.54) is 0 Å². The third kappa shape index (κ3) is 16.9. The van der Waals surface area contributed by atoms with Crippen molar-refractivity contribution in [3.8, 4) is 5.75 Å². The lowest BCUT2D eigenvalue weighted by Crippen LogP contribution is -2.55. The number of carbonyl (C=O) groups excluding carboxylic acids is 2. The van der Waals surface area contributed by atoms with E-state index in [2.05, 4.69) is 29.8 Å². The Kier molecular flexibility index (Phi) is 20.9. The van der Waals surface area contributed by atoms with Crippen LogP contribution in [0.1, 0.15) is 63.5 Å². The number of rotatable bonds is 23. The first kappa shape index (κ1) is 40.2. The van der Waals surface area contributed by atoms with Crippen LogP contribution in [0.2, 0.25) is 0 Å². The second kappa shape index (κ2) is 23.5. The molecule has 0 spiro atoms. The summed E-state index contributed by atoms with van der Waals surface area (Å²) in [5, 5.41) is 28.9. The van der Waals surface area contributed by atoms with E-state index in [1.54, 1.807) is 7.11 Å². The minimum absolute atomic E-state index is 0. The number of methoxy groups -OCH3 is 1. The lowest BCUT2D eigenvalue weighted by atomic mass is 10.0. The zero-order chi connectivity index (χ0) is 32.2. The van der Waals surface area contributed by atoms with Crippen molar-refractivity contribution in [2.75, 3.05) is 19.4 Å². The van der Waals surface area contributed by atoms with Gasteiger partial charge in [-0.15, -0.1) is 12.4 Å². The average molecular weight is 670 g/mol. The van der Waals surface area contributed by atoms with Crippen LogP contribution >= 0.6 is 24.4 Å². The van der Waals surface area contributed by atoms with Crippen molar-refractivity contribution in [1.29, 1.82) is 0 Å². The highest BCUT2D eigenvalue weighted by atomic mass is 35.5. The molecule has 0 aliphatic rings. The number of carboxylic acids is 1. The summed E-state index contributed by atoms with van der Waals surface area (Å²) in [5.41, 5.74) is 1.89. The number of aliphatic carboxylic acids is 1. The Balaban J connectivity index is 0.0000101. The second-order valence-corrected chi connectivity index (χ2v) is 11.2. The van der Waals surface area contributed by atoms with Gasteiger partial charge in [0.1, 0.15) is 11.8 Å². The molecule has 0 fully saturated rings. The molecule has 0 aliphatic heterocycles. The standard InChI is InChI=1S/C32H47N3O8S.ClH/c1-4-10-25(11-5-2)42-43-44-22-28(34-30(37)16-17-31(38)39)32(40)35-27(19-23-12-7-6-8-13-23)29(36)21-33-20-24-14-9-15-26(18-24)41-3;/h6-9,12-15,18,25,27-29,33,36H,4-5,10-11,16-17,19-22H2,1-3H3,(H,34,37)(H,35,40)(H,38,39);1H/t27-,28?,29+;/m0./s1. The molecular weight excluding hydrogens is 622 g/mol. The molecule has 0 bridgehead atoms. The van der Waals surface area contributed by atoms with Crippen LogP contribution in [0.5, 0.6) is 5.75 Å². The number of aliphatic hydroxyl groups excluding tert-OH is 1. The number of benzene rings is 2. The topological polar surface area (TPSA) is 155 Å². The van der Waals surface area contributed by atoms with Gasteiger partial charge in [-0.3, -0.25) is 14.4 Å². The number of carboxylic acid groups (broad SMARTS) is 1. The van der Waals surface area contributed by atoms with Crippen molar-refractivity contribution in [2.45, 2.75) is 89.6 Å². The lowest BCUT2D eigenvalue weighted by Gasteiger charge is -2.27. The number of nitrogens with one attached hydrogen (secondary N) is 3. The maximum atomic E-state index is 13.5. The van der Waals surface area contributed by atoms with Crippen molar-refractivity contribution < 1.29 is 38.6 Å². The van der Waals surface area contributed by atoms with Gasteiger partial charge in [-0.1, -0.05) is 69.2 Å². The van der Waals surface area contributed by atoms with Gasteiger partial charge < -0.3 is 30.9 Å². The molecule has 2 aromatic rings. The van der Waals surface area contributed by atoms with E-state index >= 15 is 0 Å². The van der Waals surface area contributed by atoms with Crippen LogP contribution in [-0.4, -0.2) is 71.7 Å². The van der Waals surface area contributed by atoms with Gasteiger partial charge in [0, 0.05) is 31.6 Å². The quantitative estimate of drug-likeness (QED) is 0.0503. The fourth-order valence-electron chi connectivity index (χ4n) is 4.46. The fourth-order valence-corrected chi connectivity index (χ4v) is 5.05. The number of amides is 2. The van der Waals surface area contributed by atoms with Crippen LogP contribution in [0.4, 0.5) is 0 Å². The highest BCUT2D eigenvalue weighted by molar-refractivity contribution is 7.94. The summed E-state index contributed by atoms with van der Waals surface area (Å²) in [6.07, 6.45) is 2.18. The van der Waals surface area contributed by atoms with E-state index in [0.717, 1.165) is 54.6 Å². The Labute approximate surface area is 276 Å². The number of aliphatic hydroxyl groups is 1. The predicted molar refractivity (Wildman–Crippen MR) is 177 cm³/mol. The fraction of sp³-hybridized carbons (Fsp3) is 0.531. The third-order valence-electron chi connectivity index (χ3n) is 6.80. The number of hydrogen-bond donors (Lipinski definition) is 5. The summed E-state index contributed by atoms with van der Waals surface area (Å²) in [4.78, 5) is 42.5. The Bertz CT molecular complexity index is 1120. The molecule has 2 aromatic carbocycles. The first-order valence-corrected chi connectivity index (χ1v) is 16.0. The Morgan fingerprint density at radius 3 is 2.27 bits per heavy atom. The van der Waals surface area contributed by atoms with Crippen LogP contribution in [0.3, 0.4) is 0 Å². The summed E-state index contributed by atoms with van der Waals surface area (Å²) < 4.78 is 10.6. The summed E-state index contributed by atoms with van der Waals surface area (Å²) in [6, 6.07) is 15.3. The van der Waals surface area contributed by atoms with Gasteiger partial charge >= 0.3 is 5.97 Å². The number of carbonyl (C=O) groups is 3. The molecule has 0 saturated carbocycles. The SMILES string of the molecule is CCCC(CCC)OOSCC(NC(=O)CCC(=O)O)C(=O)N[C@@H](Cc1ccccc1)[C@H](O)CNCc1cccc(OC)c1.Cl. The number of ether oxygens (including phenoxy) is 1. The van der Waals surface area contributed by atoms with E-state index in [4.69, 9.17) is 19.1 Å². The average Bonchev–Trinajstić information content (AvgIpc) is 3.01. The first-order chi connectivity index (χ1) is 21.2. The van der Waals surface area contributed by atoms with Crippen LogP contribution in [0.25, 0.3) is 0 Å². The minimum Gasteiger partial charge on any atom is -0.497 e. The van der Waals surface area contributed by atoms with Gasteiger partial charge in [0.2, 0.25) is 11.8 Å². The molecule has 45 heavy (non-hydrogen) atoms. The van der Waals surface area contributed by atoms with E-state index in [9.17, 15) is 19.5 Å². The zero-order valence-electron chi connectivity index (χ0n) is 26.2. The zero-order valence-corrected chi connectivity index (χ0v) is 27.9. The normalized spacial score (nSPS) is 12.9. The smallest absolute Gasteiger partial charge is 0.303 e. The Morgan fingerprint density at radius 2 is 1.62 bits per heavy atom. The summed E-state index contributed by atoms with van der Waals surface area (Å²) in [6.45, 7) is 4.78. The molecule has 252 valence electrons. The monoisotopic (exact) mass is 669 g/mol. The summed E-state index contributed by atoms with van der Waals surface area (Å²) >= 11 is 0.891. The molecule has 0 aliphatic carbocycles. The maximum Gasteiger partial charge on any atom is 0.303 e. The lowest BCUT2D eigenvalue weighted by molar-refractivity contribution is -0.234. The van der Waals surface area contributed by atoms with Gasteiger partial charge in [0.05, 0.1) is 37.5 Å². The minimum atomic E-state index is -1.11. The Hall–Kier alpha value is -2.87. The van der Waals surface area contributed by atoms with Gasteiger partial charge in [0.15, 0.2) is 0 Å². The van der Waals surface area contributed by atoms with E-state index < -0.39 is 36.0 Å². The summed E-state index contributed by atoms with van der Waals surface area (Å²) in [5.74, 6) is -1.48. The molecule has 11 nitrogen and oxygen atoms in total. The molecule has 13 heteroatoms. The molecule has 0 aromatic heterocycles. The molecule has 1 unspecified atom stereocenters. The van der Waals surface area contributed by atoms with Crippen molar-refractivity contribution >= 4 is 42.2 Å². The molecule has 2 rings (SSSR count). The van der Waals surface area contributed by atoms with Gasteiger partial charge in [-0.2, -0.15) is 4.33 Å². The Morgan fingerprint density at radius 1 is 0.933 bits per heavy atom. The van der Waals surface area contributed by atoms with Crippen LogP contribution in [0.15, 0.2) is 54.6 Å². The summed E-state index contributed by atoms with van der Waals surface area (Å²) in [7, 11) is 1.60.